The molecule has 0 radical (unpaired) electrons. The molecule has 134 valence electrons. The van der Waals surface area contributed by atoms with Gasteiger partial charge in [0, 0.05) is 17.1 Å². The summed E-state index contributed by atoms with van der Waals surface area (Å²) in [6.45, 7) is 0. The molecule has 0 aliphatic carbocycles. The number of fused-ring (bicyclic) bond motifs is 1. The number of H-pyrrole nitrogens is 1. The lowest BCUT2D eigenvalue weighted by Gasteiger charge is -2.09. The van der Waals surface area contributed by atoms with E-state index in [2.05, 4.69) is 20.6 Å². The first kappa shape index (κ1) is 17.1. The van der Waals surface area contributed by atoms with Gasteiger partial charge in [-0.05, 0) is 35.9 Å². The zero-order chi connectivity index (χ0) is 18.6. The predicted molar refractivity (Wildman–Crippen MR) is 110 cm³/mol. The minimum atomic E-state index is -0.0895. The fourth-order valence-corrected chi connectivity index (χ4v) is 3.08. The fourth-order valence-electron chi connectivity index (χ4n) is 2.90. The molecule has 2 aromatic carbocycles. The maximum Gasteiger partial charge on any atom is 0.228 e. The first-order valence-corrected chi connectivity index (χ1v) is 8.89. The molecule has 0 atom stereocenters. The van der Waals surface area contributed by atoms with Gasteiger partial charge in [0.25, 0.3) is 0 Å². The quantitative estimate of drug-likeness (QED) is 0.451. The third-order valence-corrected chi connectivity index (χ3v) is 4.54. The zero-order valence-corrected chi connectivity index (χ0v) is 15.1. The number of hydrogen-bond donors (Lipinski definition) is 3. The average molecular weight is 377 g/mol. The minimum absolute atomic E-state index is 0.0895. The number of anilines is 3. The maximum atomic E-state index is 12.4. The van der Waals surface area contributed by atoms with Crippen molar-refractivity contribution in [3.05, 3.63) is 83.6 Å². The van der Waals surface area contributed by atoms with Crippen LogP contribution in [0.25, 0.3) is 10.9 Å². The molecule has 0 spiro atoms. The number of hydrogen-bond acceptors (Lipinski definition) is 3. The molecule has 0 aliphatic rings. The van der Waals surface area contributed by atoms with Gasteiger partial charge in [-0.25, -0.2) is 4.98 Å². The summed E-state index contributed by atoms with van der Waals surface area (Å²) < 4.78 is 0. The Balaban J connectivity index is 1.41. The summed E-state index contributed by atoms with van der Waals surface area (Å²) in [7, 11) is 0. The topological polar surface area (TPSA) is 69.8 Å². The normalized spacial score (nSPS) is 10.7. The van der Waals surface area contributed by atoms with E-state index in [0.29, 0.717) is 22.9 Å². The van der Waals surface area contributed by atoms with Crippen LogP contribution in [-0.2, 0) is 11.2 Å². The van der Waals surface area contributed by atoms with Gasteiger partial charge < -0.3 is 15.6 Å². The molecule has 4 aromatic rings. The number of para-hydroxylation sites is 2. The number of nitrogens with zero attached hydrogens (tertiary/aromatic N) is 1. The first-order valence-electron chi connectivity index (χ1n) is 8.51. The smallest absolute Gasteiger partial charge is 0.228 e. The molecule has 0 saturated carbocycles. The van der Waals surface area contributed by atoms with Crippen LogP contribution in [0.15, 0.2) is 73.1 Å². The predicted octanol–water partition coefficient (Wildman–Crippen LogP) is 5.14. The third kappa shape index (κ3) is 3.93. The summed E-state index contributed by atoms with van der Waals surface area (Å²) >= 11 is 6.13. The van der Waals surface area contributed by atoms with E-state index in [9.17, 15) is 4.79 Å². The van der Waals surface area contributed by atoms with E-state index >= 15 is 0 Å². The Hall–Kier alpha value is -3.31. The van der Waals surface area contributed by atoms with Gasteiger partial charge in [0.2, 0.25) is 5.91 Å². The molecule has 6 heteroatoms. The molecule has 27 heavy (non-hydrogen) atoms. The molecule has 0 aliphatic heterocycles. The largest absolute Gasteiger partial charge is 0.361 e. The molecular formula is C21H17ClN4O. The summed E-state index contributed by atoms with van der Waals surface area (Å²) in [6, 6.07) is 19.0. The summed E-state index contributed by atoms with van der Waals surface area (Å²) in [5, 5.41) is 7.71. The van der Waals surface area contributed by atoms with Crippen molar-refractivity contribution in [1.82, 2.24) is 9.97 Å². The molecule has 2 heterocycles. The van der Waals surface area contributed by atoms with Gasteiger partial charge in [0.05, 0.1) is 29.0 Å². The number of carbonyl (C=O) groups is 1. The Kier molecular flexibility index (Phi) is 4.77. The van der Waals surface area contributed by atoms with Crippen LogP contribution in [0.2, 0.25) is 5.02 Å². The molecule has 2 aromatic heterocycles. The van der Waals surface area contributed by atoms with E-state index < -0.39 is 0 Å². The van der Waals surface area contributed by atoms with E-state index in [1.807, 2.05) is 54.7 Å². The highest BCUT2D eigenvalue weighted by atomic mass is 35.5. The Labute approximate surface area is 161 Å². The number of rotatable bonds is 5. The van der Waals surface area contributed by atoms with Crippen molar-refractivity contribution in [3.63, 3.8) is 0 Å². The van der Waals surface area contributed by atoms with E-state index in [4.69, 9.17) is 11.6 Å². The second-order valence-corrected chi connectivity index (χ2v) is 6.53. The lowest BCUT2D eigenvalue weighted by atomic mass is 10.1. The van der Waals surface area contributed by atoms with Gasteiger partial charge in [-0.2, -0.15) is 0 Å². The van der Waals surface area contributed by atoms with Crippen molar-refractivity contribution in [3.8, 4) is 0 Å². The third-order valence-electron chi connectivity index (χ3n) is 4.21. The Morgan fingerprint density at radius 1 is 1.04 bits per heavy atom. The van der Waals surface area contributed by atoms with Crippen molar-refractivity contribution < 1.29 is 4.79 Å². The maximum absolute atomic E-state index is 12.4. The van der Waals surface area contributed by atoms with Crippen LogP contribution in [0.3, 0.4) is 0 Å². The van der Waals surface area contributed by atoms with Gasteiger partial charge in [-0.15, -0.1) is 0 Å². The molecule has 0 saturated heterocycles. The van der Waals surface area contributed by atoms with Gasteiger partial charge in [0.15, 0.2) is 0 Å². The van der Waals surface area contributed by atoms with Crippen molar-refractivity contribution in [2.45, 2.75) is 6.42 Å². The number of halogens is 1. The van der Waals surface area contributed by atoms with E-state index in [1.165, 1.54) is 0 Å². The molecule has 3 N–H and O–H groups in total. The Morgan fingerprint density at radius 2 is 1.85 bits per heavy atom. The number of nitrogens with one attached hydrogen (secondary N) is 3. The zero-order valence-electron chi connectivity index (χ0n) is 14.4. The molecule has 0 bridgehead atoms. The molecular weight excluding hydrogens is 360 g/mol. The minimum Gasteiger partial charge on any atom is -0.361 e. The molecule has 1 amide bonds. The number of carbonyl (C=O) groups excluding carboxylic acids is 1. The second kappa shape index (κ2) is 7.51. The Morgan fingerprint density at radius 3 is 2.67 bits per heavy atom. The van der Waals surface area contributed by atoms with Gasteiger partial charge in [0.1, 0.15) is 5.82 Å². The number of pyridine rings is 1. The summed E-state index contributed by atoms with van der Waals surface area (Å²) in [6.07, 6.45) is 3.79. The van der Waals surface area contributed by atoms with E-state index in [-0.39, 0.29) is 5.91 Å². The highest BCUT2D eigenvalue weighted by Crippen LogP contribution is 2.24. The molecule has 0 unspecified atom stereocenters. The monoisotopic (exact) mass is 376 g/mol. The van der Waals surface area contributed by atoms with Crippen LogP contribution >= 0.6 is 11.6 Å². The van der Waals surface area contributed by atoms with E-state index in [1.54, 1.807) is 18.3 Å². The lowest BCUT2D eigenvalue weighted by Crippen LogP contribution is -2.14. The Bertz CT molecular complexity index is 1090. The van der Waals surface area contributed by atoms with Crippen LogP contribution in [0.4, 0.5) is 17.2 Å². The SMILES string of the molecule is O=C(Cc1c[nH]c2ccccc12)Nc1ccc(Nc2ccccc2Cl)nc1. The summed E-state index contributed by atoms with van der Waals surface area (Å²) in [4.78, 5) is 19.9. The summed E-state index contributed by atoms with van der Waals surface area (Å²) in [5.41, 5.74) is 3.41. The second-order valence-electron chi connectivity index (χ2n) is 6.12. The molecule has 0 fully saturated rings. The number of aromatic nitrogens is 2. The van der Waals surface area contributed by atoms with Crippen molar-refractivity contribution in [2.24, 2.45) is 0 Å². The summed E-state index contributed by atoms with van der Waals surface area (Å²) in [5.74, 6) is 0.561. The van der Waals surface area contributed by atoms with Crippen LogP contribution in [0.5, 0.6) is 0 Å². The highest BCUT2D eigenvalue weighted by Gasteiger charge is 2.09. The van der Waals surface area contributed by atoms with Crippen LogP contribution in [0, 0.1) is 0 Å². The number of aromatic amines is 1. The first-order chi connectivity index (χ1) is 13.2. The van der Waals surface area contributed by atoms with Crippen LogP contribution < -0.4 is 10.6 Å². The fraction of sp³-hybridized carbons (Fsp3) is 0.0476. The van der Waals surface area contributed by atoms with Crippen LogP contribution in [0.1, 0.15) is 5.56 Å². The van der Waals surface area contributed by atoms with Crippen molar-refractivity contribution >= 4 is 45.6 Å². The molecule has 4 rings (SSSR count). The average Bonchev–Trinajstić information content (AvgIpc) is 3.08. The van der Waals surface area contributed by atoms with Gasteiger partial charge >= 0.3 is 0 Å². The van der Waals surface area contributed by atoms with Gasteiger partial charge in [-0.1, -0.05) is 41.9 Å². The lowest BCUT2D eigenvalue weighted by molar-refractivity contribution is -0.115. The highest BCUT2D eigenvalue weighted by molar-refractivity contribution is 6.33. The molecule has 5 nitrogen and oxygen atoms in total. The van der Waals surface area contributed by atoms with Crippen LogP contribution in [-0.4, -0.2) is 15.9 Å². The van der Waals surface area contributed by atoms with Crippen molar-refractivity contribution in [1.29, 1.82) is 0 Å². The van der Waals surface area contributed by atoms with E-state index in [0.717, 1.165) is 22.2 Å². The number of benzene rings is 2. The standard InChI is InChI=1S/C21H17ClN4O/c22-17-6-2-4-8-19(17)26-20-10-9-15(13-24-20)25-21(27)11-14-12-23-18-7-3-1-5-16(14)18/h1-10,12-13,23H,11H2,(H,24,26)(H,25,27). The van der Waals surface area contributed by atoms with Crippen molar-refractivity contribution in [2.75, 3.05) is 10.6 Å². The van der Waals surface area contributed by atoms with Gasteiger partial charge in [-0.3, -0.25) is 4.79 Å². The number of amides is 1.